The second-order valence-electron chi connectivity index (χ2n) is 7.88. The molecule has 1 aromatic rings. The molecule has 1 aliphatic carbocycles. The van der Waals surface area contributed by atoms with Gasteiger partial charge < -0.3 is 14.6 Å². The number of rotatable bonds is 4. The molecule has 1 spiro atoms. The van der Waals surface area contributed by atoms with Crippen molar-refractivity contribution in [2.75, 3.05) is 7.11 Å². The fourth-order valence-electron chi connectivity index (χ4n) is 4.81. The van der Waals surface area contributed by atoms with Crippen LogP contribution in [0.4, 0.5) is 0 Å². The fourth-order valence-corrected chi connectivity index (χ4v) is 4.81. The smallest absolute Gasteiger partial charge is 0.204 e. The quantitative estimate of drug-likeness (QED) is 0.846. The highest BCUT2D eigenvalue weighted by Crippen LogP contribution is 2.54. The first-order valence-electron chi connectivity index (χ1n) is 9.36. The molecule has 4 aliphatic rings. The molecule has 3 heterocycles. The lowest BCUT2D eigenvalue weighted by Crippen LogP contribution is -2.60. The first-order chi connectivity index (χ1) is 12.1. The zero-order valence-corrected chi connectivity index (χ0v) is 15.1. The molecule has 138 valence electrons. The van der Waals surface area contributed by atoms with Gasteiger partial charge in [0.25, 0.3) is 0 Å². The second-order valence-corrected chi connectivity index (χ2v) is 7.88. The van der Waals surface area contributed by atoms with Crippen LogP contribution in [-0.2, 0) is 32.3 Å². The third kappa shape index (κ3) is 2.92. The van der Waals surface area contributed by atoms with Gasteiger partial charge in [-0.3, -0.25) is 0 Å². The molecule has 2 unspecified atom stereocenters. The monoisotopic (exact) mass is 348 g/mol. The van der Waals surface area contributed by atoms with Gasteiger partial charge in [0.05, 0.1) is 6.61 Å². The first-order valence-corrected chi connectivity index (χ1v) is 9.36. The van der Waals surface area contributed by atoms with Crippen molar-refractivity contribution in [3.05, 3.63) is 35.4 Å². The van der Waals surface area contributed by atoms with E-state index >= 15 is 0 Å². The molecule has 1 N–H and O–H groups in total. The van der Waals surface area contributed by atoms with Crippen molar-refractivity contribution in [1.82, 2.24) is 0 Å². The SMILES string of the molecule is COC1O[C@]2(C)OO[C@]13CCCC[C@@H]3CC2Cc1ccc(CO)cc1. The average molecular weight is 348 g/mol. The van der Waals surface area contributed by atoms with Crippen LogP contribution in [0.5, 0.6) is 0 Å². The Labute approximate surface area is 149 Å². The summed E-state index contributed by atoms with van der Waals surface area (Å²) in [7, 11) is 1.70. The van der Waals surface area contributed by atoms with Crippen molar-refractivity contribution in [3.63, 3.8) is 0 Å². The predicted octanol–water partition coefficient (Wildman–Crippen LogP) is 3.34. The lowest BCUT2D eigenvalue weighted by atomic mass is 9.70. The maximum atomic E-state index is 9.23. The van der Waals surface area contributed by atoms with Crippen molar-refractivity contribution in [2.24, 2.45) is 11.8 Å². The minimum atomic E-state index is -0.807. The summed E-state index contributed by atoms with van der Waals surface area (Å²) in [4.78, 5) is 11.9. The summed E-state index contributed by atoms with van der Waals surface area (Å²) in [6.07, 6.45) is 5.88. The molecule has 3 aliphatic heterocycles. The van der Waals surface area contributed by atoms with Crippen molar-refractivity contribution in [3.8, 4) is 0 Å². The van der Waals surface area contributed by atoms with Crippen LogP contribution >= 0.6 is 0 Å². The van der Waals surface area contributed by atoms with E-state index in [0.29, 0.717) is 5.92 Å². The molecule has 5 heteroatoms. The van der Waals surface area contributed by atoms with E-state index in [1.54, 1.807) is 7.11 Å². The molecule has 5 nitrogen and oxygen atoms in total. The Morgan fingerprint density at radius 1 is 1.16 bits per heavy atom. The maximum Gasteiger partial charge on any atom is 0.204 e. The van der Waals surface area contributed by atoms with Gasteiger partial charge in [-0.25, -0.2) is 9.78 Å². The van der Waals surface area contributed by atoms with E-state index in [1.165, 1.54) is 12.0 Å². The number of ether oxygens (including phenoxy) is 2. The molecule has 0 aromatic heterocycles. The number of fused-ring (bicyclic) bond motifs is 3. The summed E-state index contributed by atoms with van der Waals surface area (Å²) >= 11 is 0. The van der Waals surface area contributed by atoms with E-state index in [2.05, 4.69) is 12.1 Å². The van der Waals surface area contributed by atoms with Crippen molar-refractivity contribution in [2.45, 2.75) is 69.7 Å². The van der Waals surface area contributed by atoms with Crippen LogP contribution in [-0.4, -0.2) is 29.9 Å². The largest absolute Gasteiger partial charge is 0.392 e. The summed E-state index contributed by atoms with van der Waals surface area (Å²) in [5, 5.41) is 9.23. The van der Waals surface area contributed by atoms with Gasteiger partial charge in [-0.2, -0.15) is 0 Å². The van der Waals surface area contributed by atoms with Crippen LogP contribution in [0.2, 0.25) is 0 Å². The Hall–Kier alpha value is -0.980. The van der Waals surface area contributed by atoms with Crippen LogP contribution in [0.25, 0.3) is 0 Å². The highest BCUT2D eigenvalue weighted by Gasteiger charge is 2.62. The molecular formula is C20H28O5. The van der Waals surface area contributed by atoms with Crippen LogP contribution in [0.15, 0.2) is 24.3 Å². The molecule has 3 saturated heterocycles. The van der Waals surface area contributed by atoms with E-state index in [4.69, 9.17) is 19.2 Å². The molecule has 2 bridgehead atoms. The standard InChI is InChI=1S/C20H28O5/c1-19-17(11-14-6-8-15(13-21)9-7-14)12-16-5-3-4-10-20(16,25-24-19)18(22-2)23-19/h6-9,16-18,21H,3-5,10-13H2,1-2H3/t16-,17?,18?,19-,20+/m1/s1. The normalized spacial score (nSPS) is 40.5. The van der Waals surface area contributed by atoms with E-state index in [0.717, 1.165) is 37.7 Å². The molecule has 0 amide bonds. The second kappa shape index (κ2) is 6.63. The molecule has 25 heavy (non-hydrogen) atoms. The first kappa shape index (κ1) is 17.4. The minimum Gasteiger partial charge on any atom is -0.392 e. The van der Waals surface area contributed by atoms with Gasteiger partial charge in [0.15, 0.2) is 11.9 Å². The third-order valence-electron chi connectivity index (χ3n) is 6.38. The molecule has 5 atom stereocenters. The van der Waals surface area contributed by atoms with E-state index in [-0.39, 0.29) is 18.8 Å². The summed E-state index contributed by atoms with van der Waals surface area (Å²) in [6.45, 7) is 2.04. The highest BCUT2D eigenvalue weighted by atomic mass is 17.3. The predicted molar refractivity (Wildman–Crippen MR) is 91.3 cm³/mol. The Morgan fingerprint density at radius 2 is 1.92 bits per heavy atom. The summed E-state index contributed by atoms with van der Waals surface area (Å²) < 4.78 is 12.0. The summed E-state index contributed by atoms with van der Waals surface area (Å²) in [5.41, 5.74) is 1.68. The maximum absolute atomic E-state index is 9.23. The van der Waals surface area contributed by atoms with Gasteiger partial charge in [0.2, 0.25) is 5.79 Å². The minimum absolute atomic E-state index is 0.0710. The van der Waals surface area contributed by atoms with Gasteiger partial charge >= 0.3 is 0 Å². The summed E-state index contributed by atoms with van der Waals surface area (Å²) in [5.74, 6) is -0.228. The van der Waals surface area contributed by atoms with Gasteiger partial charge in [-0.15, -0.1) is 0 Å². The number of aliphatic hydroxyl groups is 1. The zero-order valence-electron chi connectivity index (χ0n) is 15.1. The van der Waals surface area contributed by atoms with Crippen LogP contribution in [0, 0.1) is 11.8 Å². The summed E-state index contributed by atoms with van der Waals surface area (Å²) in [6, 6.07) is 8.11. The van der Waals surface area contributed by atoms with Crippen LogP contribution in [0.3, 0.4) is 0 Å². The van der Waals surface area contributed by atoms with Crippen molar-refractivity contribution >= 4 is 0 Å². The molecule has 4 fully saturated rings. The van der Waals surface area contributed by atoms with Crippen molar-refractivity contribution in [1.29, 1.82) is 0 Å². The van der Waals surface area contributed by atoms with E-state index < -0.39 is 11.4 Å². The van der Waals surface area contributed by atoms with Gasteiger partial charge in [0, 0.05) is 13.0 Å². The van der Waals surface area contributed by atoms with Gasteiger partial charge in [-0.1, -0.05) is 37.1 Å². The number of aliphatic hydroxyl groups excluding tert-OH is 1. The molecular weight excluding hydrogens is 320 g/mol. The number of benzene rings is 1. The third-order valence-corrected chi connectivity index (χ3v) is 6.38. The molecule has 1 saturated carbocycles. The van der Waals surface area contributed by atoms with Crippen molar-refractivity contribution < 1.29 is 24.4 Å². The Kier molecular flexibility index (Phi) is 4.63. The lowest BCUT2D eigenvalue weighted by Gasteiger charge is -2.49. The topological polar surface area (TPSA) is 57.2 Å². The number of methoxy groups -OCH3 is 1. The fraction of sp³-hybridized carbons (Fsp3) is 0.700. The lowest BCUT2D eigenvalue weighted by molar-refractivity contribution is -0.553. The van der Waals surface area contributed by atoms with Crippen LogP contribution < -0.4 is 0 Å². The zero-order chi connectivity index (χ0) is 17.5. The number of hydrogen-bond acceptors (Lipinski definition) is 5. The Bertz CT molecular complexity index is 603. The van der Waals surface area contributed by atoms with Gasteiger partial charge in [0.1, 0.15) is 0 Å². The Morgan fingerprint density at radius 3 is 2.64 bits per heavy atom. The van der Waals surface area contributed by atoms with E-state index in [1.807, 2.05) is 19.1 Å². The van der Waals surface area contributed by atoms with E-state index in [9.17, 15) is 5.11 Å². The van der Waals surface area contributed by atoms with Crippen LogP contribution in [0.1, 0.15) is 50.2 Å². The highest BCUT2D eigenvalue weighted by molar-refractivity contribution is 5.23. The average Bonchev–Trinajstić information content (AvgIpc) is 2.83. The molecule has 0 radical (unpaired) electrons. The molecule has 1 aromatic carbocycles. The molecule has 5 rings (SSSR count). The Balaban J connectivity index is 1.62. The number of hydrogen-bond donors (Lipinski definition) is 1. The van der Waals surface area contributed by atoms with Gasteiger partial charge in [-0.05, 0) is 49.7 Å².